The van der Waals surface area contributed by atoms with Gasteiger partial charge in [0.2, 0.25) is 15.9 Å². The summed E-state index contributed by atoms with van der Waals surface area (Å²) in [5.74, 6) is -1.81. The van der Waals surface area contributed by atoms with Crippen LogP contribution in [0.3, 0.4) is 0 Å². The summed E-state index contributed by atoms with van der Waals surface area (Å²) in [6.45, 7) is 0.565. The van der Waals surface area contributed by atoms with Crippen LogP contribution in [0.1, 0.15) is 25.7 Å². The standard InChI is InChI=1S/C12H20N2O5S/c1-20(18,19)14-6-2-3-9(7-14)11(15)13-10(12(16)17)8-4-5-8/h8-10H,2-7H2,1H3,(H,13,15)(H,16,17). The van der Waals surface area contributed by atoms with Crippen molar-refractivity contribution in [3.8, 4) is 0 Å². The molecular formula is C12H20N2O5S. The molecule has 2 fully saturated rings. The highest BCUT2D eigenvalue weighted by Gasteiger charge is 2.39. The van der Waals surface area contributed by atoms with Crippen molar-refractivity contribution in [1.82, 2.24) is 9.62 Å². The van der Waals surface area contributed by atoms with Gasteiger partial charge in [0.25, 0.3) is 0 Å². The molecule has 1 heterocycles. The molecule has 20 heavy (non-hydrogen) atoms. The molecular weight excluding hydrogens is 284 g/mol. The summed E-state index contributed by atoms with van der Waals surface area (Å²) in [6, 6.07) is -0.837. The number of carboxylic acids is 1. The summed E-state index contributed by atoms with van der Waals surface area (Å²) < 4.78 is 24.3. The number of aliphatic carboxylic acids is 1. The van der Waals surface area contributed by atoms with Crippen molar-refractivity contribution in [3.63, 3.8) is 0 Å². The lowest BCUT2D eigenvalue weighted by molar-refractivity contribution is -0.143. The maximum absolute atomic E-state index is 12.1. The molecule has 0 aromatic heterocycles. The van der Waals surface area contributed by atoms with Crippen molar-refractivity contribution in [3.05, 3.63) is 0 Å². The molecule has 0 aromatic rings. The summed E-state index contributed by atoms with van der Waals surface area (Å²) in [7, 11) is -3.30. The van der Waals surface area contributed by atoms with Crippen molar-refractivity contribution in [1.29, 1.82) is 0 Å². The average Bonchev–Trinajstić information content (AvgIpc) is 3.18. The Bertz CT molecular complexity index is 500. The van der Waals surface area contributed by atoms with Gasteiger partial charge < -0.3 is 10.4 Å². The first-order chi connectivity index (χ1) is 9.29. The molecule has 0 radical (unpaired) electrons. The van der Waals surface area contributed by atoms with Crippen LogP contribution in [0.15, 0.2) is 0 Å². The lowest BCUT2D eigenvalue weighted by atomic mass is 9.98. The van der Waals surface area contributed by atoms with Crippen molar-refractivity contribution in [2.45, 2.75) is 31.7 Å². The molecule has 7 nitrogen and oxygen atoms in total. The minimum absolute atomic E-state index is 0.0195. The summed E-state index contributed by atoms with van der Waals surface area (Å²) in [4.78, 5) is 23.2. The highest BCUT2D eigenvalue weighted by molar-refractivity contribution is 7.88. The summed E-state index contributed by atoms with van der Waals surface area (Å²) in [5, 5.41) is 11.7. The van der Waals surface area contributed by atoms with E-state index in [9.17, 15) is 18.0 Å². The fourth-order valence-corrected chi connectivity index (χ4v) is 3.45. The van der Waals surface area contributed by atoms with Crippen LogP contribution >= 0.6 is 0 Å². The van der Waals surface area contributed by atoms with Gasteiger partial charge in [-0.1, -0.05) is 0 Å². The third-order valence-electron chi connectivity index (χ3n) is 3.88. The molecule has 2 atom stereocenters. The average molecular weight is 304 g/mol. The second-order valence-electron chi connectivity index (χ2n) is 5.62. The number of carboxylic acid groups (broad SMARTS) is 1. The van der Waals surface area contributed by atoms with Crippen LogP contribution in [0, 0.1) is 11.8 Å². The van der Waals surface area contributed by atoms with Gasteiger partial charge >= 0.3 is 5.97 Å². The lowest BCUT2D eigenvalue weighted by Gasteiger charge is -2.30. The van der Waals surface area contributed by atoms with Crippen molar-refractivity contribution in [2.24, 2.45) is 11.8 Å². The van der Waals surface area contributed by atoms with E-state index in [0.29, 0.717) is 19.4 Å². The maximum atomic E-state index is 12.1. The fourth-order valence-electron chi connectivity index (χ4n) is 2.54. The largest absolute Gasteiger partial charge is 0.480 e. The monoisotopic (exact) mass is 304 g/mol. The normalized spacial score (nSPS) is 25.9. The van der Waals surface area contributed by atoms with E-state index in [1.165, 1.54) is 4.31 Å². The molecule has 114 valence electrons. The summed E-state index contributed by atoms with van der Waals surface area (Å²) >= 11 is 0. The second kappa shape index (κ2) is 5.69. The molecule has 1 saturated heterocycles. The minimum Gasteiger partial charge on any atom is -0.480 e. The molecule has 8 heteroatoms. The first-order valence-corrected chi connectivity index (χ1v) is 8.62. The van der Waals surface area contributed by atoms with Gasteiger partial charge in [-0.15, -0.1) is 0 Å². The number of carbonyl (C=O) groups excluding carboxylic acids is 1. The molecule has 1 aliphatic heterocycles. The Morgan fingerprint density at radius 2 is 1.95 bits per heavy atom. The number of rotatable bonds is 5. The minimum atomic E-state index is -3.30. The molecule has 0 bridgehead atoms. The topological polar surface area (TPSA) is 104 Å². The van der Waals surface area contributed by atoms with Gasteiger partial charge in [0.05, 0.1) is 12.2 Å². The zero-order chi connectivity index (χ0) is 14.9. The van der Waals surface area contributed by atoms with Crippen LogP contribution in [-0.4, -0.2) is 55.1 Å². The first kappa shape index (κ1) is 15.2. The third-order valence-corrected chi connectivity index (χ3v) is 5.15. The van der Waals surface area contributed by atoms with Gasteiger partial charge in [-0.2, -0.15) is 0 Å². The number of carbonyl (C=O) groups is 2. The number of hydrogen-bond donors (Lipinski definition) is 2. The highest BCUT2D eigenvalue weighted by Crippen LogP contribution is 2.33. The lowest BCUT2D eigenvalue weighted by Crippen LogP contribution is -2.49. The Morgan fingerprint density at radius 1 is 1.30 bits per heavy atom. The van der Waals surface area contributed by atoms with E-state index in [4.69, 9.17) is 5.11 Å². The van der Waals surface area contributed by atoms with Crippen LogP contribution in [0.4, 0.5) is 0 Å². The Hall–Kier alpha value is -1.15. The molecule has 0 spiro atoms. The molecule has 2 N–H and O–H groups in total. The van der Waals surface area contributed by atoms with E-state index in [2.05, 4.69) is 5.32 Å². The summed E-state index contributed by atoms with van der Waals surface area (Å²) in [6.07, 6.45) is 3.97. The van der Waals surface area contributed by atoms with E-state index in [1.807, 2.05) is 0 Å². The molecule has 1 amide bonds. The fraction of sp³-hybridized carbons (Fsp3) is 0.833. The summed E-state index contributed by atoms with van der Waals surface area (Å²) in [5.41, 5.74) is 0. The molecule has 1 saturated carbocycles. The van der Waals surface area contributed by atoms with E-state index in [-0.39, 0.29) is 18.4 Å². The van der Waals surface area contributed by atoms with Crippen LogP contribution in [0.5, 0.6) is 0 Å². The van der Waals surface area contributed by atoms with Gasteiger partial charge in [0.15, 0.2) is 0 Å². The van der Waals surface area contributed by atoms with Crippen LogP contribution in [0.25, 0.3) is 0 Å². The number of piperidine rings is 1. The first-order valence-electron chi connectivity index (χ1n) is 6.77. The highest BCUT2D eigenvalue weighted by atomic mass is 32.2. The second-order valence-corrected chi connectivity index (χ2v) is 7.60. The van der Waals surface area contributed by atoms with Gasteiger partial charge in [-0.25, -0.2) is 17.5 Å². The molecule has 2 aliphatic rings. The van der Waals surface area contributed by atoms with E-state index in [1.54, 1.807) is 0 Å². The SMILES string of the molecule is CS(=O)(=O)N1CCCC(C(=O)NC(C(=O)O)C2CC2)C1. The van der Waals surface area contributed by atoms with Crippen LogP contribution in [0.2, 0.25) is 0 Å². The Morgan fingerprint density at radius 3 is 2.45 bits per heavy atom. The number of nitrogens with one attached hydrogen (secondary N) is 1. The molecule has 1 aliphatic carbocycles. The van der Waals surface area contributed by atoms with Gasteiger partial charge in [0, 0.05) is 13.1 Å². The quantitative estimate of drug-likeness (QED) is 0.721. The Kier molecular flexibility index (Phi) is 4.33. The zero-order valence-corrected chi connectivity index (χ0v) is 12.2. The van der Waals surface area contributed by atoms with E-state index in [0.717, 1.165) is 19.1 Å². The maximum Gasteiger partial charge on any atom is 0.326 e. The predicted molar refractivity (Wildman–Crippen MR) is 71.4 cm³/mol. The number of hydrogen-bond acceptors (Lipinski definition) is 4. The Labute approximate surface area is 118 Å². The van der Waals surface area contributed by atoms with Crippen molar-refractivity contribution >= 4 is 21.9 Å². The van der Waals surface area contributed by atoms with E-state index >= 15 is 0 Å². The molecule has 0 aromatic carbocycles. The van der Waals surface area contributed by atoms with Crippen LogP contribution in [-0.2, 0) is 19.6 Å². The molecule has 2 unspecified atom stereocenters. The zero-order valence-electron chi connectivity index (χ0n) is 11.4. The number of amides is 1. The van der Waals surface area contributed by atoms with Crippen LogP contribution < -0.4 is 5.32 Å². The third kappa shape index (κ3) is 3.69. The smallest absolute Gasteiger partial charge is 0.326 e. The van der Waals surface area contributed by atoms with Crippen molar-refractivity contribution < 1.29 is 23.1 Å². The number of nitrogens with zero attached hydrogens (tertiary/aromatic N) is 1. The van der Waals surface area contributed by atoms with Crippen molar-refractivity contribution in [2.75, 3.05) is 19.3 Å². The molecule has 2 rings (SSSR count). The Balaban J connectivity index is 1.96. The van der Waals surface area contributed by atoms with Gasteiger partial charge in [-0.3, -0.25) is 4.79 Å². The van der Waals surface area contributed by atoms with E-state index < -0.39 is 28.0 Å². The predicted octanol–water partition coefficient (Wildman–Crippen LogP) is -0.363. The number of sulfonamides is 1. The van der Waals surface area contributed by atoms with Gasteiger partial charge in [0.1, 0.15) is 6.04 Å². The van der Waals surface area contributed by atoms with Gasteiger partial charge in [-0.05, 0) is 31.6 Å².